The van der Waals surface area contributed by atoms with Crippen molar-refractivity contribution in [3.63, 3.8) is 0 Å². The molecule has 18 heavy (non-hydrogen) atoms. The summed E-state index contributed by atoms with van der Waals surface area (Å²) in [5, 5.41) is 9.01. The monoisotopic (exact) mass is 306 g/mol. The van der Waals surface area contributed by atoms with E-state index in [0.717, 1.165) is 10.0 Å². The molecule has 0 saturated carbocycles. The van der Waals surface area contributed by atoms with Crippen LogP contribution in [0.4, 0.5) is 0 Å². The Labute approximate surface area is 113 Å². The lowest BCUT2D eigenvalue weighted by Gasteiger charge is -2.05. The predicted octanol–water partition coefficient (Wildman–Crippen LogP) is 2.84. The molecule has 0 spiro atoms. The first-order valence-corrected chi connectivity index (χ1v) is 6.16. The first kappa shape index (κ1) is 12.7. The van der Waals surface area contributed by atoms with Gasteiger partial charge in [0.1, 0.15) is 5.82 Å². The number of carboxylic acid groups (broad SMARTS) is 1. The maximum atomic E-state index is 11.0. The van der Waals surface area contributed by atoms with Gasteiger partial charge >= 0.3 is 5.97 Å². The molecule has 5 heteroatoms. The predicted molar refractivity (Wildman–Crippen MR) is 70.7 cm³/mol. The Kier molecular flexibility index (Phi) is 3.72. The van der Waals surface area contributed by atoms with Crippen molar-refractivity contribution in [1.29, 1.82) is 0 Å². The van der Waals surface area contributed by atoms with Crippen LogP contribution >= 0.6 is 15.9 Å². The van der Waals surface area contributed by atoms with E-state index in [9.17, 15) is 4.79 Å². The number of aromatic carboxylic acids is 1. The zero-order valence-electron chi connectivity index (χ0n) is 9.72. The molecule has 0 unspecified atom stereocenters. The van der Waals surface area contributed by atoms with Gasteiger partial charge in [0.05, 0.1) is 0 Å². The van der Waals surface area contributed by atoms with E-state index in [1.807, 2.05) is 24.3 Å². The van der Waals surface area contributed by atoms with Gasteiger partial charge in [-0.3, -0.25) is 0 Å². The van der Waals surface area contributed by atoms with E-state index in [1.165, 1.54) is 0 Å². The van der Waals surface area contributed by atoms with Gasteiger partial charge in [0.15, 0.2) is 5.69 Å². The fourth-order valence-electron chi connectivity index (χ4n) is 1.59. The zero-order valence-corrected chi connectivity index (χ0v) is 11.3. The fraction of sp³-hybridized carbons (Fsp3) is 0.154. The van der Waals surface area contributed by atoms with Crippen LogP contribution < -0.4 is 0 Å². The lowest BCUT2D eigenvalue weighted by Crippen LogP contribution is -2.08. The second kappa shape index (κ2) is 5.27. The molecule has 1 heterocycles. The molecule has 4 nitrogen and oxygen atoms in total. The van der Waals surface area contributed by atoms with Crippen LogP contribution in [0, 0.1) is 6.92 Å². The molecule has 1 N–H and O–H groups in total. The third-order valence-electron chi connectivity index (χ3n) is 2.53. The van der Waals surface area contributed by atoms with E-state index < -0.39 is 5.97 Å². The highest BCUT2D eigenvalue weighted by atomic mass is 79.9. The summed E-state index contributed by atoms with van der Waals surface area (Å²) in [6.45, 7) is 1.69. The van der Waals surface area contributed by atoms with E-state index in [4.69, 9.17) is 5.11 Å². The summed E-state index contributed by atoms with van der Waals surface area (Å²) < 4.78 is 0.964. The minimum Gasteiger partial charge on any atom is -0.477 e. The molecule has 2 rings (SSSR count). The first-order chi connectivity index (χ1) is 8.58. The molecule has 1 aromatic carbocycles. The maximum Gasteiger partial charge on any atom is 0.354 e. The van der Waals surface area contributed by atoms with Crippen molar-refractivity contribution < 1.29 is 9.90 Å². The van der Waals surface area contributed by atoms with Crippen molar-refractivity contribution in [2.75, 3.05) is 0 Å². The van der Waals surface area contributed by atoms with Gasteiger partial charge in [0, 0.05) is 22.7 Å². The Balaban J connectivity index is 2.33. The molecular weight excluding hydrogens is 296 g/mol. The average Bonchev–Trinajstić information content (AvgIpc) is 2.34. The smallest absolute Gasteiger partial charge is 0.354 e. The Morgan fingerprint density at radius 3 is 2.78 bits per heavy atom. The Morgan fingerprint density at radius 2 is 2.11 bits per heavy atom. The number of benzene rings is 1. The summed E-state index contributed by atoms with van der Waals surface area (Å²) in [6.07, 6.45) is 2.05. The number of nitrogens with zero attached hydrogens (tertiary/aromatic N) is 2. The van der Waals surface area contributed by atoms with Gasteiger partial charge in [-0.2, -0.15) is 0 Å². The van der Waals surface area contributed by atoms with Gasteiger partial charge in [0.2, 0.25) is 0 Å². The van der Waals surface area contributed by atoms with Crippen LogP contribution in [0.15, 0.2) is 34.9 Å². The number of aromatic nitrogens is 2. The van der Waals surface area contributed by atoms with Crippen molar-refractivity contribution in [2.45, 2.75) is 13.3 Å². The summed E-state index contributed by atoms with van der Waals surface area (Å²) >= 11 is 3.44. The molecule has 0 atom stereocenters. The third-order valence-corrected chi connectivity index (χ3v) is 3.30. The van der Waals surface area contributed by atoms with Gasteiger partial charge in [-0.05, 0) is 18.6 Å². The molecule has 0 aliphatic carbocycles. The number of rotatable bonds is 3. The molecule has 1 aromatic heterocycles. The van der Waals surface area contributed by atoms with E-state index in [2.05, 4.69) is 25.9 Å². The van der Waals surface area contributed by atoms with Crippen LogP contribution in [0.25, 0.3) is 0 Å². The number of halogens is 1. The van der Waals surface area contributed by atoms with E-state index in [0.29, 0.717) is 17.8 Å². The lowest BCUT2D eigenvalue weighted by molar-refractivity contribution is 0.0689. The maximum absolute atomic E-state index is 11.0. The molecular formula is C13H11BrN2O2. The Morgan fingerprint density at radius 1 is 1.39 bits per heavy atom. The molecule has 92 valence electrons. The minimum absolute atomic E-state index is 0.0621. The van der Waals surface area contributed by atoms with Crippen LogP contribution in [0.3, 0.4) is 0 Å². The zero-order chi connectivity index (χ0) is 13.1. The number of hydrogen-bond donors (Lipinski definition) is 1. The Bertz CT molecular complexity index is 599. The SMILES string of the molecule is Cc1cnc(Cc2ccccc2Br)nc1C(=O)O. The first-order valence-electron chi connectivity index (χ1n) is 5.37. The summed E-state index contributed by atoms with van der Waals surface area (Å²) in [5.41, 5.74) is 1.66. The van der Waals surface area contributed by atoms with E-state index >= 15 is 0 Å². The molecule has 0 saturated heterocycles. The van der Waals surface area contributed by atoms with Crippen LogP contribution in [0.5, 0.6) is 0 Å². The summed E-state index contributed by atoms with van der Waals surface area (Å²) in [6, 6.07) is 7.73. The number of hydrogen-bond acceptors (Lipinski definition) is 3. The molecule has 0 bridgehead atoms. The van der Waals surface area contributed by atoms with Crippen LogP contribution in [-0.2, 0) is 6.42 Å². The van der Waals surface area contributed by atoms with Crippen LogP contribution in [0.2, 0.25) is 0 Å². The summed E-state index contributed by atoms with van der Waals surface area (Å²) in [7, 11) is 0. The molecule has 0 radical (unpaired) electrons. The molecule has 0 aliphatic heterocycles. The van der Waals surface area contributed by atoms with Crippen molar-refractivity contribution in [1.82, 2.24) is 9.97 Å². The second-order valence-electron chi connectivity index (χ2n) is 3.89. The van der Waals surface area contributed by atoms with Gasteiger partial charge in [-0.1, -0.05) is 34.1 Å². The van der Waals surface area contributed by atoms with Crippen molar-refractivity contribution in [3.8, 4) is 0 Å². The number of carbonyl (C=O) groups is 1. The van der Waals surface area contributed by atoms with Crippen LogP contribution in [0.1, 0.15) is 27.4 Å². The minimum atomic E-state index is -1.02. The van der Waals surface area contributed by atoms with E-state index in [1.54, 1.807) is 13.1 Å². The van der Waals surface area contributed by atoms with Crippen LogP contribution in [-0.4, -0.2) is 21.0 Å². The molecule has 0 aliphatic rings. The highest BCUT2D eigenvalue weighted by molar-refractivity contribution is 9.10. The quantitative estimate of drug-likeness (QED) is 0.947. The standard InChI is InChI=1S/C13H11BrN2O2/c1-8-7-15-11(16-12(8)13(17)18)6-9-4-2-3-5-10(9)14/h2-5,7H,6H2,1H3,(H,17,18). The molecule has 0 amide bonds. The summed E-state index contributed by atoms with van der Waals surface area (Å²) in [4.78, 5) is 19.2. The van der Waals surface area contributed by atoms with Gasteiger partial charge in [0.25, 0.3) is 0 Å². The summed E-state index contributed by atoms with van der Waals surface area (Å²) in [5.74, 6) is -0.520. The van der Waals surface area contributed by atoms with Gasteiger partial charge in [-0.15, -0.1) is 0 Å². The third kappa shape index (κ3) is 2.73. The average molecular weight is 307 g/mol. The fourth-order valence-corrected chi connectivity index (χ4v) is 2.02. The molecule has 2 aromatic rings. The second-order valence-corrected chi connectivity index (χ2v) is 4.75. The largest absolute Gasteiger partial charge is 0.477 e. The Hall–Kier alpha value is -1.75. The molecule has 0 fully saturated rings. The normalized spacial score (nSPS) is 10.3. The highest BCUT2D eigenvalue weighted by Crippen LogP contribution is 2.18. The van der Waals surface area contributed by atoms with Crippen molar-refractivity contribution in [2.24, 2.45) is 0 Å². The highest BCUT2D eigenvalue weighted by Gasteiger charge is 2.11. The number of carboxylic acids is 1. The van der Waals surface area contributed by atoms with Gasteiger partial charge in [-0.25, -0.2) is 14.8 Å². The van der Waals surface area contributed by atoms with Gasteiger partial charge < -0.3 is 5.11 Å². The number of aryl methyl sites for hydroxylation is 1. The van der Waals surface area contributed by atoms with Crippen molar-refractivity contribution >= 4 is 21.9 Å². The van der Waals surface area contributed by atoms with E-state index in [-0.39, 0.29) is 5.69 Å². The topological polar surface area (TPSA) is 63.1 Å². The lowest BCUT2D eigenvalue weighted by atomic mass is 10.1. The van der Waals surface area contributed by atoms with Crippen molar-refractivity contribution in [3.05, 3.63) is 57.6 Å².